The van der Waals surface area contributed by atoms with Crippen molar-refractivity contribution in [2.45, 2.75) is 13.0 Å². The van der Waals surface area contributed by atoms with E-state index in [9.17, 15) is 0 Å². The highest BCUT2D eigenvalue weighted by Crippen LogP contribution is 1.99. The lowest BCUT2D eigenvalue weighted by Gasteiger charge is -2.15. The third-order valence-electron chi connectivity index (χ3n) is 2.15. The number of aliphatic imine (C=N–C) groups is 1. The van der Waals surface area contributed by atoms with Crippen LogP contribution in [0.3, 0.4) is 0 Å². The van der Waals surface area contributed by atoms with Crippen molar-refractivity contribution in [3.63, 3.8) is 0 Å². The molecule has 2 rings (SSSR count). The lowest BCUT2D eigenvalue weighted by Crippen LogP contribution is -2.40. The first kappa shape index (κ1) is 13.2. The van der Waals surface area contributed by atoms with Crippen molar-refractivity contribution in [2.24, 2.45) is 4.99 Å². The van der Waals surface area contributed by atoms with E-state index in [1.807, 2.05) is 30.3 Å². The summed E-state index contributed by atoms with van der Waals surface area (Å²) in [4.78, 5) is 9.55. The minimum atomic E-state index is 0. The van der Waals surface area contributed by atoms with E-state index in [2.05, 4.69) is 15.8 Å². The fraction of sp³-hybridized carbons (Fsp3) is 0.364. The van der Waals surface area contributed by atoms with E-state index < -0.39 is 0 Å². The highest BCUT2D eigenvalue weighted by atomic mass is 127. The van der Waals surface area contributed by atoms with Crippen LogP contribution in [0.5, 0.6) is 0 Å². The fourth-order valence-corrected chi connectivity index (χ4v) is 1.36. The van der Waals surface area contributed by atoms with Gasteiger partial charge in [0.05, 0.1) is 6.61 Å². The summed E-state index contributed by atoms with van der Waals surface area (Å²) in [5.41, 5.74) is 3.95. The van der Waals surface area contributed by atoms with E-state index in [0.717, 1.165) is 31.0 Å². The molecular formula is C11H16IN3O. The van der Waals surface area contributed by atoms with Gasteiger partial charge in [-0.1, -0.05) is 30.3 Å². The van der Waals surface area contributed by atoms with Crippen LogP contribution in [0.2, 0.25) is 0 Å². The van der Waals surface area contributed by atoms with Gasteiger partial charge in [-0.2, -0.15) is 0 Å². The van der Waals surface area contributed by atoms with E-state index in [1.165, 1.54) is 0 Å². The van der Waals surface area contributed by atoms with Gasteiger partial charge in [0.15, 0.2) is 0 Å². The minimum absolute atomic E-state index is 0. The molecule has 5 heteroatoms. The fourth-order valence-electron chi connectivity index (χ4n) is 1.36. The highest BCUT2D eigenvalue weighted by Gasteiger charge is 2.02. The standard InChI is InChI=1S/C11H15N3O.HI/c1-2-5-10(6-3-1)9-15-14-11-12-7-4-8-13-11;/h1-3,5-6H,4,7-9H2,(H2,12,13,14);1H. The molecule has 0 aromatic heterocycles. The van der Waals surface area contributed by atoms with Gasteiger partial charge in [-0.25, -0.2) is 5.48 Å². The molecule has 0 atom stereocenters. The number of nitrogens with one attached hydrogen (secondary N) is 2. The molecule has 1 aromatic carbocycles. The van der Waals surface area contributed by atoms with Crippen LogP contribution in [0.15, 0.2) is 35.3 Å². The summed E-state index contributed by atoms with van der Waals surface area (Å²) in [6, 6.07) is 10.0. The summed E-state index contributed by atoms with van der Waals surface area (Å²) in [6.45, 7) is 2.37. The molecule has 0 bridgehead atoms. The molecule has 0 aliphatic carbocycles. The first-order chi connectivity index (χ1) is 7.45. The van der Waals surface area contributed by atoms with Crippen LogP contribution in [0, 0.1) is 0 Å². The molecule has 1 aromatic rings. The summed E-state index contributed by atoms with van der Waals surface area (Å²) in [6.07, 6.45) is 1.09. The molecule has 4 nitrogen and oxygen atoms in total. The molecule has 2 N–H and O–H groups in total. The Morgan fingerprint density at radius 3 is 2.81 bits per heavy atom. The van der Waals surface area contributed by atoms with E-state index >= 15 is 0 Å². The summed E-state index contributed by atoms with van der Waals surface area (Å²) >= 11 is 0. The van der Waals surface area contributed by atoms with Crippen molar-refractivity contribution in [1.29, 1.82) is 0 Å². The second-order valence-corrected chi connectivity index (χ2v) is 3.39. The van der Waals surface area contributed by atoms with Crippen molar-refractivity contribution in [3.05, 3.63) is 35.9 Å². The van der Waals surface area contributed by atoms with Gasteiger partial charge in [-0.3, -0.25) is 9.83 Å². The van der Waals surface area contributed by atoms with E-state index in [4.69, 9.17) is 4.84 Å². The number of hydrogen-bond acceptors (Lipinski definition) is 4. The summed E-state index contributed by atoms with van der Waals surface area (Å²) in [5, 5.41) is 3.12. The van der Waals surface area contributed by atoms with Crippen molar-refractivity contribution in [1.82, 2.24) is 10.8 Å². The third kappa shape index (κ3) is 4.36. The molecule has 0 saturated heterocycles. The molecular weight excluding hydrogens is 317 g/mol. The van der Waals surface area contributed by atoms with Crippen molar-refractivity contribution < 1.29 is 4.84 Å². The Bertz CT molecular complexity index is 329. The van der Waals surface area contributed by atoms with Crippen LogP contribution in [0.1, 0.15) is 12.0 Å². The van der Waals surface area contributed by atoms with Crippen LogP contribution in [0.4, 0.5) is 0 Å². The Kier molecular flexibility index (Phi) is 6.17. The second-order valence-electron chi connectivity index (χ2n) is 3.39. The third-order valence-corrected chi connectivity index (χ3v) is 2.15. The molecule has 0 unspecified atom stereocenters. The monoisotopic (exact) mass is 333 g/mol. The number of hydrogen-bond donors (Lipinski definition) is 2. The molecule has 0 spiro atoms. The predicted octanol–water partition coefficient (Wildman–Crippen LogP) is 1.68. The molecule has 1 aliphatic rings. The van der Waals surface area contributed by atoms with Gasteiger partial charge >= 0.3 is 0 Å². The van der Waals surface area contributed by atoms with Gasteiger partial charge in [0.25, 0.3) is 0 Å². The zero-order valence-corrected chi connectivity index (χ0v) is 11.3. The SMILES string of the molecule is I.c1ccc(CONC2=NCCCN2)cc1. The normalized spacial score (nSPS) is 14.4. The molecule has 0 radical (unpaired) electrons. The lowest BCUT2D eigenvalue weighted by atomic mass is 10.2. The number of benzene rings is 1. The summed E-state index contributed by atoms with van der Waals surface area (Å²) in [5.74, 6) is 0.734. The van der Waals surface area contributed by atoms with Crippen molar-refractivity contribution in [2.75, 3.05) is 13.1 Å². The molecule has 88 valence electrons. The number of nitrogens with zero attached hydrogens (tertiary/aromatic N) is 1. The van der Waals surface area contributed by atoms with Crippen LogP contribution >= 0.6 is 24.0 Å². The predicted molar refractivity (Wildman–Crippen MR) is 74.7 cm³/mol. The van der Waals surface area contributed by atoms with E-state index in [1.54, 1.807) is 0 Å². The maximum atomic E-state index is 5.32. The smallest absolute Gasteiger partial charge is 0.215 e. The Labute approximate surface area is 112 Å². The average molecular weight is 333 g/mol. The number of halogens is 1. The van der Waals surface area contributed by atoms with Crippen LogP contribution in [0.25, 0.3) is 0 Å². The topological polar surface area (TPSA) is 45.6 Å². The zero-order valence-electron chi connectivity index (χ0n) is 8.98. The van der Waals surface area contributed by atoms with Gasteiger partial charge < -0.3 is 5.32 Å². The number of guanidine groups is 1. The van der Waals surface area contributed by atoms with Gasteiger partial charge in [0.2, 0.25) is 5.96 Å². The van der Waals surface area contributed by atoms with Crippen LogP contribution in [-0.4, -0.2) is 19.0 Å². The Morgan fingerprint density at radius 1 is 1.31 bits per heavy atom. The van der Waals surface area contributed by atoms with Crippen molar-refractivity contribution in [3.8, 4) is 0 Å². The Hall–Kier alpha value is -0.820. The number of hydroxylamine groups is 1. The summed E-state index contributed by atoms with van der Waals surface area (Å²) in [7, 11) is 0. The highest BCUT2D eigenvalue weighted by molar-refractivity contribution is 14.0. The quantitative estimate of drug-likeness (QED) is 0.654. The van der Waals surface area contributed by atoms with Gasteiger partial charge in [-0.15, -0.1) is 24.0 Å². The van der Waals surface area contributed by atoms with Gasteiger partial charge in [0, 0.05) is 13.1 Å². The largest absolute Gasteiger partial charge is 0.355 e. The second kappa shape index (κ2) is 7.45. The van der Waals surface area contributed by atoms with Crippen LogP contribution in [-0.2, 0) is 11.4 Å². The molecule has 1 heterocycles. The number of rotatable bonds is 3. The molecule has 0 amide bonds. The lowest BCUT2D eigenvalue weighted by molar-refractivity contribution is 0.0681. The zero-order chi connectivity index (χ0) is 10.3. The minimum Gasteiger partial charge on any atom is -0.355 e. The molecule has 0 saturated carbocycles. The van der Waals surface area contributed by atoms with Gasteiger partial charge in [-0.05, 0) is 12.0 Å². The van der Waals surface area contributed by atoms with Crippen molar-refractivity contribution >= 4 is 29.9 Å². The van der Waals surface area contributed by atoms with E-state index in [0.29, 0.717) is 6.61 Å². The van der Waals surface area contributed by atoms with Crippen LogP contribution < -0.4 is 10.8 Å². The molecule has 1 aliphatic heterocycles. The maximum Gasteiger partial charge on any atom is 0.215 e. The van der Waals surface area contributed by atoms with Gasteiger partial charge in [0.1, 0.15) is 0 Å². The maximum absolute atomic E-state index is 5.32. The Balaban J connectivity index is 0.00000128. The molecule has 0 fully saturated rings. The average Bonchev–Trinajstić information content (AvgIpc) is 2.32. The molecule has 16 heavy (non-hydrogen) atoms. The van der Waals surface area contributed by atoms with E-state index in [-0.39, 0.29) is 24.0 Å². The summed E-state index contributed by atoms with van der Waals surface area (Å²) < 4.78 is 0. The first-order valence-corrected chi connectivity index (χ1v) is 5.15. The Morgan fingerprint density at radius 2 is 2.12 bits per heavy atom. The first-order valence-electron chi connectivity index (χ1n) is 5.15.